The lowest BCUT2D eigenvalue weighted by Crippen LogP contribution is -2.22. The largest absolute Gasteiger partial charge is 0.490 e. The van der Waals surface area contributed by atoms with Gasteiger partial charge in [0.25, 0.3) is 0 Å². The van der Waals surface area contributed by atoms with E-state index in [0.29, 0.717) is 0 Å². The van der Waals surface area contributed by atoms with Crippen LogP contribution in [0.15, 0.2) is 24.3 Å². The van der Waals surface area contributed by atoms with Crippen LogP contribution in [0.3, 0.4) is 0 Å². The molecule has 0 radical (unpaired) electrons. The number of hydrogen-bond acceptors (Lipinski definition) is 6. The lowest BCUT2D eigenvalue weighted by molar-refractivity contribution is -0.192. The van der Waals surface area contributed by atoms with E-state index >= 15 is 0 Å². The van der Waals surface area contributed by atoms with Crippen LogP contribution < -0.4 is 10.6 Å². The maximum atomic E-state index is 10.6. The van der Waals surface area contributed by atoms with E-state index in [4.69, 9.17) is 14.9 Å². The van der Waals surface area contributed by atoms with Crippen LogP contribution in [-0.4, -0.2) is 35.3 Å². The van der Waals surface area contributed by atoms with Gasteiger partial charge in [0, 0.05) is 23.5 Å². The van der Waals surface area contributed by atoms with Crippen molar-refractivity contribution in [3.8, 4) is 10.6 Å². The average molecular weight is 429 g/mol. The number of nitrogens with one attached hydrogen (secondary N) is 2. The predicted octanol–water partition coefficient (Wildman–Crippen LogP) is 4.74. The second kappa shape index (κ2) is 8.46. The Balaban J connectivity index is 0.000000279. The Morgan fingerprint density at radius 2 is 2.04 bits per heavy atom. The van der Waals surface area contributed by atoms with Crippen molar-refractivity contribution in [2.75, 3.05) is 18.4 Å². The molecule has 3 N–H and O–H groups in total. The topological polar surface area (TPSA) is 74.2 Å². The summed E-state index contributed by atoms with van der Waals surface area (Å²) in [5.74, 6) is -2.76. The fourth-order valence-electron chi connectivity index (χ4n) is 2.83. The van der Waals surface area contributed by atoms with Crippen LogP contribution in [0.4, 0.5) is 18.2 Å². The molecule has 0 aliphatic carbocycles. The maximum Gasteiger partial charge on any atom is 0.490 e. The van der Waals surface area contributed by atoms with E-state index in [2.05, 4.69) is 41.8 Å². The van der Waals surface area contributed by atoms with Gasteiger partial charge in [-0.25, -0.2) is 9.78 Å². The zero-order valence-electron chi connectivity index (χ0n) is 14.9. The smallest absolute Gasteiger partial charge is 0.475 e. The molecule has 0 saturated heterocycles. The molecule has 4 rings (SSSR count). The molecule has 150 valence electrons. The van der Waals surface area contributed by atoms with Crippen LogP contribution in [-0.2, 0) is 17.8 Å². The van der Waals surface area contributed by atoms with E-state index in [-0.39, 0.29) is 0 Å². The van der Waals surface area contributed by atoms with Gasteiger partial charge in [0.15, 0.2) is 0 Å². The van der Waals surface area contributed by atoms with E-state index in [1.54, 1.807) is 11.3 Å². The fraction of sp³-hybridized carbons (Fsp3) is 0.333. The van der Waals surface area contributed by atoms with Crippen molar-refractivity contribution in [1.82, 2.24) is 10.3 Å². The Bertz CT molecular complexity index is 949. The van der Waals surface area contributed by atoms with Crippen LogP contribution in [0.2, 0.25) is 0 Å². The fourth-order valence-corrected chi connectivity index (χ4v) is 5.22. The molecule has 10 heteroatoms. The monoisotopic (exact) mass is 429 g/mol. The van der Waals surface area contributed by atoms with E-state index in [0.717, 1.165) is 36.6 Å². The third kappa shape index (κ3) is 4.45. The number of alkyl halides is 3. The molecular formula is C18H18F3N3O2S2. The van der Waals surface area contributed by atoms with Crippen LogP contribution in [0, 0.1) is 0 Å². The van der Waals surface area contributed by atoms with Gasteiger partial charge in [0.1, 0.15) is 5.01 Å². The van der Waals surface area contributed by atoms with Crippen molar-refractivity contribution in [3.05, 3.63) is 34.7 Å². The summed E-state index contributed by atoms with van der Waals surface area (Å²) in [6, 6.07) is 8.40. The lowest BCUT2D eigenvalue weighted by atomic mass is 10.0. The molecule has 3 aromatic rings. The molecular weight excluding hydrogens is 411 g/mol. The van der Waals surface area contributed by atoms with Crippen molar-refractivity contribution >= 4 is 43.9 Å². The number of carboxylic acids is 1. The van der Waals surface area contributed by atoms with Crippen molar-refractivity contribution in [1.29, 1.82) is 0 Å². The number of aliphatic carboxylic acids is 1. The molecule has 1 aliphatic rings. The van der Waals surface area contributed by atoms with E-state index in [1.165, 1.54) is 25.7 Å². The molecule has 1 aromatic carbocycles. The molecule has 28 heavy (non-hydrogen) atoms. The first-order chi connectivity index (χ1) is 13.3. The molecule has 2 aromatic heterocycles. The normalized spacial score (nSPS) is 13.6. The number of thiazole rings is 1. The number of thiophene rings is 1. The Morgan fingerprint density at radius 3 is 2.68 bits per heavy atom. The number of benzene rings is 1. The van der Waals surface area contributed by atoms with Gasteiger partial charge in [-0.3, -0.25) is 0 Å². The summed E-state index contributed by atoms with van der Waals surface area (Å²) in [5.41, 5.74) is 3.95. The van der Waals surface area contributed by atoms with E-state index < -0.39 is 12.1 Å². The van der Waals surface area contributed by atoms with Gasteiger partial charge in [-0.15, -0.1) is 22.7 Å². The second-order valence-electron chi connectivity index (χ2n) is 5.95. The molecule has 3 heterocycles. The summed E-state index contributed by atoms with van der Waals surface area (Å²) in [6.07, 6.45) is -3.98. The number of carbonyl (C=O) groups is 1. The summed E-state index contributed by atoms with van der Waals surface area (Å²) in [5, 5.41) is 16.6. The van der Waals surface area contributed by atoms with E-state index in [9.17, 15) is 13.2 Å². The molecule has 0 spiro atoms. The lowest BCUT2D eigenvalue weighted by Gasteiger charge is -2.13. The second-order valence-corrected chi connectivity index (χ2v) is 8.09. The van der Waals surface area contributed by atoms with Crippen LogP contribution in [0.5, 0.6) is 0 Å². The zero-order valence-corrected chi connectivity index (χ0v) is 16.5. The summed E-state index contributed by atoms with van der Waals surface area (Å²) in [4.78, 5) is 15.2. The number of anilines is 1. The Labute approximate surface area is 167 Å². The van der Waals surface area contributed by atoms with E-state index in [1.807, 2.05) is 11.3 Å². The SMILES string of the molecule is CCNc1sc2c(c1-c1nc3ccccc3s1)CCNC2.O=C(O)C(F)(F)F. The highest BCUT2D eigenvalue weighted by atomic mass is 32.1. The number of nitrogens with zero attached hydrogens (tertiary/aromatic N) is 1. The highest BCUT2D eigenvalue weighted by Crippen LogP contribution is 2.44. The zero-order chi connectivity index (χ0) is 20.3. The van der Waals surface area contributed by atoms with Gasteiger partial charge in [-0.1, -0.05) is 12.1 Å². The molecule has 1 aliphatic heterocycles. The molecule has 0 amide bonds. The molecule has 0 saturated carbocycles. The minimum atomic E-state index is -5.08. The van der Waals surface area contributed by atoms with Gasteiger partial charge < -0.3 is 15.7 Å². The van der Waals surface area contributed by atoms with Crippen LogP contribution in [0.25, 0.3) is 20.8 Å². The Morgan fingerprint density at radius 1 is 1.32 bits per heavy atom. The molecule has 0 bridgehead atoms. The minimum absolute atomic E-state index is 0.949. The summed E-state index contributed by atoms with van der Waals surface area (Å²) in [6.45, 7) is 5.15. The van der Waals surface area contributed by atoms with Gasteiger partial charge in [0.2, 0.25) is 0 Å². The van der Waals surface area contributed by atoms with Gasteiger partial charge in [-0.05, 0) is 37.6 Å². The summed E-state index contributed by atoms with van der Waals surface area (Å²) < 4.78 is 33.0. The van der Waals surface area contributed by atoms with Crippen LogP contribution in [0.1, 0.15) is 17.4 Å². The number of fused-ring (bicyclic) bond motifs is 2. The van der Waals surface area contributed by atoms with Crippen molar-refractivity contribution in [2.24, 2.45) is 0 Å². The number of halogens is 3. The van der Waals surface area contributed by atoms with Crippen molar-refractivity contribution < 1.29 is 23.1 Å². The first-order valence-electron chi connectivity index (χ1n) is 8.56. The molecule has 0 unspecified atom stereocenters. The van der Waals surface area contributed by atoms with Crippen molar-refractivity contribution in [3.63, 3.8) is 0 Å². The minimum Gasteiger partial charge on any atom is -0.475 e. The summed E-state index contributed by atoms with van der Waals surface area (Å²) >= 11 is 3.69. The maximum absolute atomic E-state index is 10.6. The van der Waals surface area contributed by atoms with Gasteiger partial charge in [0.05, 0.1) is 15.2 Å². The van der Waals surface area contributed by atoms with Crippen LogP contribution >= 0.6 is 22.7 Å². The summed E-state index contributed by atoms with van der Waals surface area (Å²) in [7, 11) is 0. The number of carboxylic acid groups (broad SMARTS) is 1. The number of para-hydroxylation sites is 1. The molecule has 0 atom stereocenters. The molecule has 5 nitrogen and oxygen atoms in total. The highest BCUT2D eigenvalue weighted by Gasteiger charge is 2.38. The quantitative estimate of drug-likeness (QED) is 0.561. The number of rotatable bonds is 3. The molecule has 0 fully saturated rings. The number of aromatic nitrogens is 1. The third-order valence-electron chi connectivity index (χ3n) is 4.02. The Kier molecular flexibility index (Phi) is 6.21. The van der Waals surface area contributed by atoms with Crippen molar-refractivity contribution in [2.45, 2.75) is 26.1 Å². The first kappa shape index (κ1) is 20.6. The van der Waals surface area contributed by atoms with Gasteiger partial charge >= 0.3 is 12.1 Å². The third-order valence-corrected chi connectivity index (χ3v) is 6.26. The average Bonchev–Trinajstić information content (AvgIpc) is 3.22. The Hall–Kier alpha value is -2.17. The predicted molar refractivity (Wildman–Crippen MR) is 106 cm³/mol. The number of hydrogen-bond donors (Lipinski definition) is 3. The van der Waals surface area contributed by atoms with Gasteiger partial charge in [-0.2, -0.15) is 13.2 Å². The highest BCUT2D eigenvalue weighted by molar-refractivity contribution is 7.22. The standard InChI is InChI=1S/C16H17N3S2.C2HF3O2/c1-2-18-15-14(10-7-8-17-9-13(10)21-15)16-19-11-5-3-4-6-12(11)20-16;3-2(4,5)1(6)7/h3-6,17-18H,2,7-9H2,1H3;(H,6,7). The first-order valence-corrected chi connectivity index (χ1v) is 10.2.